The van der Waals surface area contributed by atoms with E-state index in [2.05, 4.69) is 15.1 Å². The zero-order chi connectivity index (χ0) is 19.5. The number of likely N-dealkylation sites (tertiary alicyclic amines) is 1. The molecule has 0 bridgehead atoms. The van der Waals surface area contributed by atoms with Crippen molar-refractivity contribution in [2.45, 2.75) is 18.8 Å². The van der Waals surface area contributed by atoms with Crippen molar-refractivity contribution in [2.24, 2.45) is 7.05 Å². The second-order valence-electron chi connectivity index (χ2n) is 6.80. The molecule has 1 fully saturated rings. The predicted molar refractivity (Wildman–Crippen MR) is 99.6 cm³/mol. The first-order chi connectivity index (χ1) is 13.6. The maximum Gasteiger partial charge on any atom is 0.257 e. The quantitative estimate of drug-likeness (QED) is 0.694. The van der Waals surface area contributed by atoms with Crippen molar-refractivity contribution in [2.75, 3.05) is 13.1 Å². The minimum absolute atomic E-state index is 0.0125. The molecule has 7 nitrogen and oxygen atoms in total. The van der Waals surface area contributed by atoms with Gasteiger partial charge in [0.15, 0.2) is 0 Å². The lowest BCUT2D eigenvalue weighted by Gasteiger charge is -2.32. The van der Waals surface area contributed by atoms with E-state index < -0.39 is 0 Å². The van der Waals surface area contributed by atoms with E-state index in [0.29, 0.717) is 36.0 Å². The Morgan fingerprint density at radius 2 is 2.00 bits per heavy atom. The van der Waals surface area contributed by atoms with Crippen LogP contribution in [0.25, 0.3) is 0 Å². The van der Waals surface area contributed by atoms with Crippen LogP contribution in [0.15, 0.2) is 49.1 Å². The first kappa shape index (κ1) is 18.1. The second kappa shape index (κ2) is 7.75. The number of piperidine rings is 1. The van der Waals surface area contributed by atoms with Crippen LogP contribution in [0.2, 0.25) is 0 Å². The summed E-state index contributed by atoms with van der Waals surface area (Å²) in [5.41, 5.74) is 1.28. The molecular weight excluding hydrogens is 361 g/mol. The third kappa shape index (κ3) is 3.85. The summed E-state index contributed by atoms with van der Waals surface area (Å²) in [6.45, 7) is 1.23. The summed E-state index contributed by atoms with van der Waals surface area (Å²) >= 11 is 0. The van der Waals surface area contributed by atoms with E-state index in [1.165, 1.54) is 12.1 Å². The number of rotatable bonds is 4. The van der Waals surface area contributed by atoms with Gasteiger partial charge in [0.2, 0.25) is 5.88 Å². The van der Waals surface area contributed by atoms with E-state index in [1.54, 1.807) is 48.6 Å². The number of hydrogen-bond acceptors (Lipinski definition) is 5. The molecule has 1 saturated heterocycles. The molecule has 1 aromatic carbocycles. The predicted octanol–water partition coefficient (Wildman–Crippen LogP) is 3.16. The number of aromatic nitrogens is 4. The Bertz CT molecular complexity index is 973. The minimum atomic E-state index is -0.330. The van der Waals surface area contributed by atoms with Gasteiger partial charge in [-0.05, 0) is 37.1 Å². The number of benzene rings is 1. The van der Waals surface area contributed by atoms with Gasteiger partial charge >= 0.3 is 0 Å². The molecule has 1 aliphatic heterocycles. The van der Waals surface area contributed by atoms with Gasteiger partial charge in [0.1, 0.15) is 17.3 Å². The summed E-state index contributed by atoms with van der Waals surface area (Å²) in [6.07, 6.45) is 8.23. The highest BCUT2D eigenvalue weighted by Crippen LogP contribution is 2.33. The maximum atomic E-state index is 13.1. The lowest BCUT2D eigenvalue weighted by molar-refractivity contribution is 0.0704. The van der Waals surface area contributed by atoms with Gasteiger partial charge in [0.25, 0.3) is 5.91 Å². The van der Waals surface area contributed by atoms with Crippen molar-refractivity contribution in [3.05, 3.63) is 66.1 Å². The van der Waals surface area contributed by atoms with E-state index in [4.69, 9.17) is 4.74 Å². The van der Waals surface area contributed by atoms with Crippen LogP contribution in [0.1, 0.15) is 34.8 Å². The molecule has 0 radical (unpaired) electrons. The summed E-state index contributed by atoms with van der Waals surface area (Å²) < 4.78 is 20.6. The minimum Gasteiger partial charge on any atom is -0.437 e. The molecule has 0 N–H and O–H groups in total. The van der Waals surface area contributed by atoms with Gasteiger partial charge in [-0.2, -0.15) is 5.10 Å². The fraction of sp³-hybridized carbons (Fsp3) is 0.300. The summed E-state index contributed by atoms with van der Waals surface area (Å²) in [7, 11) is 1.79. The third-order valence-corrected chi connectivity index (χ3v) is 4.77. The molecule has 3 aromatic rings. The van der Waals surface area contributed by atoms with Gasteiger partial charge in [-0.25, -0.2) is 9.37 Å². The number of aryl methyl sites for hydroxylation is 1. The molecule has 1 amide bonds. The second-order valence-corrected chi connectivity index (χ2v) is 6.80. The molecule has 4 rings (SSSR count). The number of halogens is 1. The van der Waals surface area contributed by atoms with Crippen molar-refractivity contribution >= 4 is 5.91 Å². The van der Waals surface area contributed by atoms with Gasteiger partial charge in [-0.1, -0.05) is 0 Å². The van der Waals surface area contributed by atoms with E-state index in [-0.39, 0.29) is 17.6 Å². The molecule has 0 spiro atoms. The van der Waals surface area contributed by atoms with Gasteiger partial charge in [-0.15, -0.1) is 0 Å². The van der Waals surface area contributed by atoms with Crippen LogP contribution < -0.4 is 4.74 Å². The number of nitrogens with zero attached hydrogens (tertiary/aromatic N) is 5. The fourth-order valence-electron chi connectivity index (χ4n) is 3.41. The van der Waals surface area contributed by atoms with Gasteiger partial charge in [0.05, 0.1) is 11.8 Å². The van der Waals surface area contributed by atoms with Crippen molar-refractivity contribution in [3.8, 4) is 11.6 Å². The molecule has 8 heteroatoms. The Kier molecular flexibility index (Phi) is 5.01. The topological polar surface area (TPSA) is 73.1 Å². The zero-order valence-electron chi connectivity index (χ0n) is 15.5. The van der Waals surface area contributed by atoms with Gasteiger partial charge in [0, 0.05) is 44.6 Å². The van der Waals surface area contributed by atoms with Crippen LogP contribution in [0, 0.1) is 5.82 Å². The molecule has 1 unspecified atom stereocenters. The standard InChI is InChI=1S/C20H20FN5O2/c1-25-12-15(11-24-25)20(27)26-10-2-3-14(13-26)18-19(23-9-8-22-18)28-17-6-4-16(21)5-7-17/h4-9,11-12,14H,2-3,10,13H2,1H3. The molecule has 2 aromatic heterocycles. The van der Waals surface area contributed by atoms with Crippen LogP contribution in [0.4, 0.5) is 4.39 Å². The van der Waals surface area contributed by atoms with Crippen LogP contribution in [-0.2, 0) is 7.05 Å². The Morgan fingerprint density at radius 3 is 2.75 bits per heavy atom. The summed E-state index contributed by atoms with van der Waals surface area (Å²) in [5, 5.41) is 4.08. The van der Waals surface area contributed by atoms with Crippen molar-refractivity contribution in [1.29, 1.82) is 0 Å². The molecule has 3 heterocycles. The van der Waals surface area contributed by atoms with Crippen LogP contribution in [0.5, 0.6) is 11.6 Å². The molecule has 1 atom stereocenters. The first-order valence-electron chi connectivity index (χ1n) is 9.12. The zero-order valence-corrected chi connectivity index (χ0v) is 15.5. The Labute approximate surface area is 161 Å². The van der Waals surface area contributed by atoms with Crippen LogP contribution in [-0.4, -0.2) is 43.6 Å². The van der Waals surface area contributed by atoms with Crippen molar-refractivity contribution in [1.82, 2.24) is 24.6 Å². The SMILES string of the molecule is Cn1cc(C(=O)N2CCCC(c3nccnc3Oc3ccc(F)cc3)C2)cn1. The molecule has 1 aliphatic rings. The van der Waals surface area contributed by atoms with E-state index >= 15 is 0 Å². The summed E-state index contributed by atoms with van der Waals surface area (Å²) in [4.78, 5) is 23.4. The highest BCUT2D eigenvalue weighted by Gasteiger charge is 2.29. The number of carbonyl (C=O) groups is 1. The van der Waals surface area contributed by atoms with Crippen molar-refractivity contribution < 1.29 is 13.9 Å². The van der Waals surface area contributed by atoms with Crippen LogP contribution >= 0.6 is 0 Å². The molecule has 144 valence electrons. The summed E-state index contributed by atoms with van der Waals surface area (Å²) in [5.74, 6) is 0.516. The monoisotopic (exact) mass is 381 g/mol. The van der Waals surface area contributed by atoms with E-state index in [1.807, 2.05) is 4.90 Å². The van der Waals surface area contributed by atoms with E-state index in [0.717, 1.165) is 12.8 Å². The molecule has 0 aliphatic carbocycles. The van der Waals surface area contributed by atoms with Gasteiger partial charge < -0.3 is 9.64 Å². The Morgan fingerprint density at radius 1 is 1.21 bits per heavy atom. The molecular formula is C20H20FN5O2. The molecule has 28 heavy (non-hydrogen) atoms. The van der Waals surface area contributed by atoms with E-state index in [9.17, 15) is 9.18 Å². The Balaban J connectivity index is 1.53. The number of amides is 1. The lowest BCUT2D eigenvalue weighted by Crippen LogP contribution is -2.39. The smallest absolute Gasteiger partial charge is 0.257 e. The average Bonchev–Trinajstić information content (AvgIpc) is 3.16. The number of ether oxygens (including phenoxy) is 1. The maximum absolute atomic E-state index is 13.1. The lowest BCUT2D eigenvalue weighted by atomic mass is 9.94. The number of carbonyl (C=O) groups excluding carboxylic acids is 1. The average molecular weight is 381 g/mol. The molecule has 0 saturated carbocycles. The summed E-state index contributed by atoms with van der Waals surface area (Å²) in [6, 6.07) is 5.76. The Hall–Kier alpha value is -3.29. The van der Waals surface area contributed by atoms with Crippen LogP contribution in [0.3, 0.4) is 0 Å². The number of hydrogen-bond donors (Lipinski definition) is 0. The first-order valence-corrected chi connectivity index (χ1v) is 9.12. The highest BCUT2D eigenvalue weighted by molar-refractivity contribution is 5.93. The highest BCUT2D eigenvalue weighted by atomic mass is 19.1. The fourth-order valence-corrected chi connectivity index (χ4v) is 3.41. The largest absolute Gasteiger partial charge is 0.437 e. The van der Waals surface area contributed by atoms with Crippen molar-refractivity contribution in [3.63, 3.8) is 0 Å². The van der Waals surface area contributed by atoms with Gasteiger partial charge in [-0.3, -0.25) is 14.5 Å². The normalized spacial score (nSPS) is 16.8. The third-order valence-electron chi connectivity index (χ3n) is 4.77.